The smallest absolute Gasteiger partial charge is 0.153 e. The van der Waals surface area contributed by atoms with E-state index in [4.69, 9.17) is 5.73 Å². The molecule has 0 bridgehead atoms. The molecule has 0 aliphatic heterocycles. The van der Waals surface area contributed by atoms with Gasteiger partial charge in [0.25, 0.3) is 0 Å². The summed E-state index contributed by atoms with van der Waals surface area (Å²) in [6.07, 6.45) is 5.26. The summed E-state index contributed by atoms with van der Waals surface area (Å²) in [6.45, 7) is 1.91. The molecule has 0 atom stereocenters. The van der Waals surface area contributed by atoms with E-state index in [-0.39, 0.29) is 0 Å². The average molecular weight is 187 g/mol. The minimum atomic E-state index is 0.423. The van der Waals surface area contributed by atoms with Crippen LogP contribution >= 0.6 is 0 Å². The number of benzene rings is 1. The monoisotopic (exact) mass is 187 g/mol. The zero-order valence-electron chi connectivity index (χ0n) is 8.09. The third-order valence-corrected chi connectivity index (χ3v) is 1.58. The molecule has 1 aromatic carbocycles. The van der Waals surface area contributed by atoms with Gasteiger partial charge in [-0.05, 0) is 13.0 Å². The largest absolute Gasteiger partial charge is 0.382 e. The topological polar surface area (TPSA) is 50.7 Å². The summed E-state index contributed by atoms with van der Waals surface area (Å²) in [5, 5.41) is 7.63. The molecule has 0 saturated carbocycles. The van der Waals surface area contributed by atoms with Crippen LogP contribution in [0.3, 0.4) is 0 Å². The van der Waals surface area contributed by atoms with Gasteiger partial charge in [-0.3, -0.25) is 0 Å². The van der Waals surface area contributed by atoms with Crippen molar-refractivity contribution >= 4 is 12.1 Å². The predicted molar refractivity (Wildman–Crippen MR) is 60.5 cm³/mol. The molecular weight excluding hydrogens is 174 g/mol. The van der Waals surface area contributed by atoms with Crippen LogP contribution in [0.2, 0.25) is 0 Å². The zero-order valence-corrected chi connectivity index (χ0v) is 8.09. The first-order valence-electron chi connectivity index (χ1n) is 4.38. The Hall–Kier alpha value is -1.90. The van der Waals surface area contributed by atoms with Gasteiger partial charge in [-0.25, -0.2) is 0 Å². The highest BCUT2D eigenvalue weighted by Crippen LogP contribution is 1.97. The second-order valence-corrected chi connectivity index (χ2v) is 2.64. The van der Waals surface area contributed by atoms with E-state index >= 15 is 0 Å². The maximum absolute atomic E-state index is 5.69. The lowest BCUT2D eigenvalue weighted by atomic mass is 10.2. The zero-order chi connectivity index (χ0) is 10.2. The molecule has 1 rings (SSSR count). The van der Waals surface area contributed by atoms with E-state index in [1.54, 1.807) is 12.3 Å². The molecule has 0 amide bonds. The van der Waals surface area contributed by atoms with Crippen LogP contribution in [-0.4, -0.2) is 12.1 Å². The van der Waals surface area contributed by atoms with E-state index in [1.165, 1.54) is 0 Å². The van der Waals surface area contributed by atoms with Gasteiger partial charge in [-0.1, -0.05) is 36.4 Å². The SMILES string of the molecule is C/C=C/C=N\N=C(/N)c1ccccc1. The summed E-state index contributed by atoms with van der Waals surface area (Å²) in [7, 11) is 0. The Balaban J connectivity index is 2.70. The van der Waals surface area contributed by atoms with Crippen molar-refractivity contribution in [1.82, 2.24) is 0 Å². The molecule has 0 aliphatic rings. The standard InChI is InChI=1S/C11H13N3/c1-2-3-9-13-14-11(12)10-7-5-4-6-8-10/h2-9H,1H3,(H2,12,14)/b3-2+,13-9-. The summed E-state index contributed by atoms with van der Waals surface area (Å²) < 4.78 is 0. The number of amidine groups is 1. The Bertz CT molecular complexity index is 350. The fourth-order valence-corrected chi connectivity index (χ4v) is 0.887. The van der Waals surface area contributed by atoms with Gasteiger partial charge in [-0.15, -0.1) is 5.10 Å². The Morgan fingerprint density at radius 1 is 1.29 bits per heavy atom. The van der Waals surface area contributed by atoms with E-state index in [0.717, 1.165) is 5.56 Å². The Morgan fingerprint density at radius 2 is 2.00 bits per heavy atom. The van der Waals surface area contributed by atoms with Crippen molar-refractivity contribution in [2.45, 2.75) is 6.92 Å². The fourth-order valence-electron chi connectivity index (χ4n) is 0.887. The van der Waals surface area contributed by atoms with Crippen molar-refractivity contribution in [3.63, 3.8) is 0 Å². The van der Waals surface area contributed by atoms with Crippen molar-refractivity contribution in [2.24, 2.45) is 15.9 Å². The highest BCUT2D eigenvalue weighted by molar-refractivity contribution is 5.97. The summed E-state index contributed by atoms with van der Waals surface area (Å²) in [4.78, 5) is 0. The molecular formula is C11H13N3. The summed E-state index contributed by atoms with van der Waals surface area (Å²) in [6, 6.07) is 9.54. The molecule has 0 fully saturated rings. The van der Waals surface area contributed by atoms with Crippen molar-refractivity contribution in [3.05, 3.63) is 48.0 Å². The number of hydrogen-bond donors (Lipinski definition) is 1. The number of allylic oxidation sites excluding steroid dienone is 2. The van der Waals surface area contributed by atoms with Crippen LogP contribution in [0.15, 0.2) is 52.7 Å². The van der Waals surface area contributed by atoms with Crippen LogP contribution in [0.25, 0.3) is 0 Å². The third-order valence-electron chi connectivity index (χ3n) is 1.58. The van der Waals surface area contributed by atoms with Gasteiger partial charge in [0.05, 0.1) is 0 Å². The predicted octanol–water partition coefficient (Wildman–Crippen LogP) is 1.95. The molecule has 0 saturated heterocycles. The molecule has 2 N–H and O–H groups in total. The lowest BCUT2D eigenvalue weighted by molar-refractivity contribution is 1.23. The highest BCUT2D eigenvalue weighted by atomic mass is 15.2. The Kier molecular flexibility index (Phi) is 4.14. The second-order valence-electron chi connectivity index (χ2n) is 2.64. The van der Waals surface area contributed by atoms with Gasteiger partial charge >= 0.3 is 0 Å². The first-order valence-corrected chi connectivity index (χ1v) is 4.38. The van der Waals surface area contributed by atoms with E-state index in [1.807, 2.05) is 43.3 Å². The van der Waals surface area contributed by atoms with Gasteiger partial charge in [0.2, 0.25) is 0 Å². The van der Waals surface area contributed by atoms with Crippen LogP contribution < -0.4 is 5.73 Å². The van der Waals surface area contributed by atoms with Crippen LogP contribution in [0.5, 0.6) is 0 Å². The van der Waals surface area contributed by atoms with E-state index in [0.29, 0.717) is 5.84 Å². The second kappa shape index (κ2) is 5.70. The maximum Gasteiger partial charge on any atom is 0.153 e. The molecule has 1 aromatic rings. The minimum Gasteiger partial charge on any atom is -0.382 e. The Morgan fingerprint density at radius 3 is 2.64 bits per heavy atom. The van der Waals surface area contributed by atoms with E-state index < -0.39 is 0 Å². The van der Waals surface area contributed by atoms with Gasteiger partial charge in [0.15, 0.2) is 5.84 Å². The quantitative estimate of drug-likeness (QED) is 0.439. The molecule has 0 aliphatic carbocycles. The van der Waals surface area contributed by atoms with Gasteiger partial charge in [-0.2, -0.15) is 5.10 Å². The number of rotatable bonds is 3. The summed E-state index contributed by atoms with van der Waals surface area (Å²) in [5.41, 5.74) is 6.57. The van der Waals surface area contributed by atoms with Crippen LogP contribution in [0.4, 0.5) is 0 Å². The Labute approximate surface area is 83.7 Å². The average Bonchev–Trinajstić information content (AvgIpc) is 2.25. The van der Waals surface area contributed by atoms with Crippen LogP contribution in [0, 0.1) is 0 Å². The van der Waals surface area contributed by atoms with Gasteiger partial charge in [0, 0.05) is 11.8 Å². The van der Waals surface area contributed by atoms with Crippen LogP contribution in [-0.2, 0) is 0 Å². The highest BCUT2D eigenvalue weighted by Gasteiger charge is 1.93. The molecule has 0 spiro atoms. The summed E-state index contributed by atoms with van der Waals surface area (Å²) in [5.74, 6) is 0.423. The van der Waals surface area contributed by atoms with E-state index in [9.17, 15) is 0 Å². The number of hydrogen-bond acceptors (Lipinski definition) is 2. The molecule has 0 radical (unpaired) electrons. The molecule has 0 heterocycles. The maximum atomic E-state index is 5.69. The summed E-state index contributed by atoms with van der Waals surface area (Å²) >= 11 is 0. The number of nitrogens with two attached hydrogens (primary N) is 1. The van der Waals surface area contributed by atoms with Crippen molar-refractivity contribution < 1.29 is 0 Å². The van der Waals surface area contributed by atoms with Crippen molar-refractivity contribution in [3.8, 4) is 0 Å². The fraction of sp³-hybridized carbons (Fsp3) is 0.0909. The molecule has 14 heavy (non-hydrogen) atoms. The molecule has 72 valence electrons. The first kappa shape index (κ1) is 10.2. The lowest BCUT2D eigenvalue weighted by Crippen LogP contribution is -2.12. The van der Waals surface area contributed by atoms with E-state index in [2.05, 4.69) is 10.2 Å². The van der Waals surface area contributed by atoms with Crippen LogP contribution in [0.1, 0.15) is 12.5 Å². The normalized spacial score (nSPS) is 12.8. The first-order chi connectivity index (χ1) is 6.84. The minimum absolute atomic E-state index is 0.423. The lowest BCUT2D eigenvalue weighted by Gasteiger charge is -1.95. The van der Waals surface area contributed by atoms with Crippen molar-refractivity contribution in [2.75, 3.05) is 0 Å². The molecule has 0 aromatic heterocycles. The van der Waals surface area contributed by atoms with Gasteiger partial charge < -0.3 is 5.73 Å². The van der Waals surface area contributed by atoms with Crippen molar-refractivity contribution in [1.29, 1.82) is 0 Å². The third kappa shape index (κ3) is 3.23. The molecule has 3 heteroatoms. The molecule has 3 nitrogen and oxygen atoms in total. The number of nitrogens with zero attached hydrogens (tertiary/aromatic N) is 2. The van der Waals surface area contributed by atoms with Gasteiger partial charge in [0.1, 0.15) is 0 Å². The molecule has 0 unspecified atom stereocenters.